The average molecular weight is 185 g/mol. The lowest BCUT2D eigenvalue weighted by atomic mass is 9.99. The predicted octanol–water partition coefficient (Wildman–Crippen LogP) is 1.52. The van der Waals surface area contributed by atoms with Crippen molar-refractivity contribution in [2.45, 2.75) is 40.0 Å². The molecular formula is C10H19NO2. The van der Waals surface area contributed by atoms with Crippen LogP contribution in [0, 0.1) is 5.92 Å². The Morgan fingerprint density at radius 2 is 1.92 bits per heavy atom. The van der Waals surface area contributed by atoms with Crippen molar-refractivity contribution in [3.8, 4) is 0 Å². The summed E-state index contributed by atoms with van der Waals surface area (Å²) in [6.07, 6.45) is 2.88. The molecule has 0 aliphatic carbocycles. The van der Waals surface area contributed by atoms with Gasteiger partial charge in [-0.2, -0.15) is 0 Å². The standard InChI is InChI=1S/C10H19NO2/c1-4-6-7-8(3)9(12)10(13)11-5-2/h8H,4-7H2,1-3H3,(H,11,13). The third-order valence-corrected chi connectivity index (χ3v) is 2.00. The molecule has 1 amide bonds. The van der Waals surface area contributed by atoms with E-state index in [2.05, 4.69) is 12.2 Å². The van der Waals surface area contributed by atoms with Gasteiger partial charge in [-0.25, -0.2) is 0 Å². The molecular weight excluding hydrogens is 166 g/mol. The summed E-state index contributed by atoms with van der Waals surface area (Å²) in [7, 11) is 0. The largest absolute Gasteiger partial charge is 0.350 e. The van der Waals surface area contributed by atoms with E-state index in [1.165, 1.54) is 0 Å². The average Bonchev–Trinajstić information content (AvgIpc) is 2.13. The summed E-state index contributed by atoms with van der Waals surface area (Å²) in [6.45, 7) is 6.21. The van der Waals surface area contributed by atoms with Gasteiger partial charge < -0.3 is 5.32 Å². The number of carbonyl (C=O) groups is 2. The molecule has 0 aliphatic heterocycles. The molecule has 0 aliphatic rings. The summed E-state index contributed by atoms with van der Waals surface area (Å²) in [5.41, 5.74) is 0. The Bertz CT molecular complexity index is 178. The number of unbranched alkanes of at least 4 members (excludes halogenated alkanes) is 1. The summed E-state index contributed by atoms with van der Waals surface area (Å²) in [6, 6.07) is 0. The molecule has 0 aromatic heterocycles. The Labute approximate surface area is 79.9 Å². The highest BCUT2D eigenvalue weighted by Gasteiger charge is 2.19. The predicted molar refractivity (Wildman–Crippen MR) is 52.4 cm³/mol. The van der Waals surface area contributed by atoms with Crippen LogP contribution < -0.4 is 5.32 Å². The number of hydrogen-bond donors (Lipinski definition) is 1. The minimum atomic E-state index is -0.439. The molecule has 0 bridgehead atoms. The summed E-state index contributed by atoms with van der Waals surface area (Å²) < 4.78 is 0. The summed E-state index contributed by atoms with van der Waals surface area (Å²) in [5.74, 6) is -0.854. The monoisotopic (exact) mass is 185 g/mol. The second kappa shape index (κ2) is 6.63. The van der Waals surface area contributed by atoms with E-state index >= 15 is 0 Å². The molecule has 0 aromatic carbocycles. The first kappa shape index (κ1) is 12.1. The van der Waals surface area contributed by atoms with Gasteiger partial charge in [0.1, 0.15) is 0 Å². The Morgan fingerprint density at radius 3 is 2.38 bits per heavy atom. The van der Waals surface area contributed by atoms with Gasteiger partial charge in [0.2, 0.25) is 5.78 Å². The van der Waals surface area contributed by atoms with E-state index < -0.39 is 5.91 Å². The van der Waals surface area contributed by atoms with Gasteiger partial charge in [0, 0.05) is 12.5 Å². The van der Waals surface area contributed by atoms with Crippen molar-refractivity contribution in [2.75, 3.05) is 6.54 Å². The molecule has 0 spiro atoms. The molecule has 3 heteroatoms. The van der Waals surface area contributed by atoms with Crippen molar-refractivity contribution in [2.24, 2.45) is 5.92 Å². The molecule has 13 heavy (non-hydrogen) atoms. The number of nitrogens with one attached hydrogen (secondary N) is 1. The van der Waals surface area contributed by atoms with Crippen molar-refractivity contribution < 1.29 is 9.59 Å². The zero-order valence-corrected chi connectivity index (χ0v) is 8.72. The van der Waals surface area contributed by atoms with Gasteiger partial charge in [0.25, 0.3) is 5.91 Å². The molecule has 1 unspecified atom stereocenters. The van der Waals surface area contributed by atoms with Crippen molar-refractivity contribution in [1.82, 2.24) is 5.32 Å². The van der Waals surface area contributed by atoms with E-state index in [1.54, 1.807) is 0 Å². The van der Waals surface area contributed by atoms with Crippen LogP contribution in [0.3, 0.4) is 0 Å². The fourth-order valence-corrected chi connectivity index (χ4v) is 1.11. The molecule has 0 saturated carbocycles. The second-order valence-corrected chi connectivity index (χ2v) is 3.27. The molecule has 1 atom stereocenters. The molecule has 3 nitrogen and oxygen atoms in total. The van der Waals surface area contributed by atoms with E-state index in [0.717, 1.165) is 19.3 Å². The third kappa shape index (κ3) is 4.65. The first-order valence-electron chi connectivity index (χ1n) is 4.95. The van der Waals surface area contributed by atoms with Crippen molar-refractivity contribution in [3.05, 3.63) is 0 Å². The van der Waals surface area contributed by atoms with E-state index in [1.807, 2.05) is 13.8 Å². The fraction of sp³-hybridized carbons (Fsp3) is 0.800. The number of amides is 1. The SMILES string of the molecule is CCCCC(C)C(=O)C(=O)NCC. The van der Waals surface area contributed by atoms with Gasteiger partial charge in [0.05, 0.1) is 0 Å². The maximum atomic E-state index is 11.3. The molecule has 1 N–H and O–H groups in total. The Balaban J connectivity index is 3.87. The van der Waals surface area contributed by atoms with E-state index in [4.69, 9.17) is 0 Å². The van der Waals surface area contributed by atoms with Crippen LogP contribution in [0.4, 0.5) is 0 Å². The van der Waals surface area contributed by atoms with Crippen molar-refractivity contribution in [1.29, 1.82) is 0 Å². The second-order valence-electron chi connectivity index (χ2n) is 3.27. The van der Waals surface area contributed by atoms with Gasteiger partial charge in [-0.05, 0) is 13.3 Å². The van der Waals surface area contributed by atoms with Gasteiger partial charge in [-0.3, -0.25) is 9.59 Å². The number of likely N-dealkylation sites (N-methyl/N-ethyl adjacent to an activating group) is 1. The maximum absolute atomic E-state index is 11.3. The van der Waals surface area contributed by atoms with Crippen LogP contribution in [0.2, 0.25) is 0 Å². The smallest absolute Gasteiger partial charge is 0.287 e. The zero-order valence-electron chi connectivity index (χ0n) is 8.72. The zero-order chi connectivity index (χ0) is 10.3. The number of Topliss-reactive ketones (excluding diaryl/α,β-unsaturated/α-hetero) is 1. The minimum absolute atomic E-state index is 0.133. The molecule has 0 aromatic rings. The van der Waals surface area contributed by atoms with Crippen LogP contribution in [0.1, 0.15) is 40.0 Å². The lowest BCUT2D eigenvalue weighted by Crippen LogP contribution is -2.34. The maximum Gasteiger partial charge on any atom is 0.287 e. The quantitative estimate of drug-likeness (QED) is 0.638. The molecule has 76 valence electrons. The van der Waals surface area contributed by atoms with E-state index in [-0.39, 0.29) is 11.7 Å². The Hall–Kier alpha value is -0.860. The van der Waals surface area contributed by atoms with Crippen LogP contribution >= 0.6 is 0 Å². The van der Waals surface area contributed by atoms with Crippen LogP contribution in [-0.4, -0.2) is 18.2 Å². The van der Waals surface area contributed by atoms with Gasteiger partial charge in [0.15, 0.2) is 0 Å². The summed E-state index contributed by atoms with van der Waals surface area (Å²) in [4.78, 5) is 22.4. The highest BCUT2D eigenvalue weighted by atomic mass is 16.2. The van der Waals surface area contributed by atoms with Crippen LogP contribution in [0.15, 0.2) is 0 Å². The van der Waals surface area contributed by atoms with Crippen molar-refractivity contribution >= 4 is 11.7 Å². The Kier molecular flexibility index (Phi) is 6.20. The topological polar surface area (TPSA) is 46.2 Å². The number of carbonyl (C=O) groups excluding carboxylic acids is 2. The molecule has 0 heterocycles. The first-order chi connectivity index (χ1) is 6.13. The fourth-order valence-electron chi connectivity index (χ4n) is 1.11. The van der Waals surface area contributed by atoms with Crippen LogP contribution in [-0.2, 0) is 9.59 Å². The molecule has 0 radical (unpaired) electrons. The van der Waals surface area contributed by atoms with Crippen LogP contribution in [0.25, 0.3) is 0 Å². The van der Waals surface area contributed by atoms with Crippen LogP contribution in [0.5, 0.6) is 0 Å². The third-order valence-electron chi connectivity index (χ3n) is 2.00. The number of rotatable bonds is 6. The molecule has 0 rings (SSSR count). The van der Waals surface area contributed by atoms with Gasteiger partial charge >= 0.3 is 0 Å². The minimum Gasteiger partial charge on any atom is -0.350 e. The highest BCUT2D eigenvalue weighted by Crippen LogP contribution is 2.08. The summed E-state index contributed by atoms with van der Waals surface area (Å²) >= 11 is 0. The number of hydrogen-bond acceptors (Lipinski definition) is 2. The van der Waals surface area contributed by atoms with Gasteiger partial charge in [-0.15, -0.1) is 0 Å². The normalized spacial score (nSPS) is 12.2. The van der Waals surface area contributed by atoms with E-state index in [0.29, 0.717) is 6.54 Å². The molecule has 0 saturated heterocycles. The van der Waals surface area contributed by atoms with E-state index in [9.17, 15) is 9.59 Å². The highest BCUT2D eigenvalue weighted by molar-refractivity contribution is 6.36. The number of ketones is 1. The lowest BCUT2D eigenvalue weighted by molar-refractivity contribution is -0.140. The summed E-state index contributed by atoms with van der Waals surface area (Å²) in [5, 5.41) is 2.51. The first-order valence-corrected chi connectivity index (χ1v) is 4.95. The lowest BCUT2D eigenvalue weighted by Gasteiger charge is -2.08. The van der Waals surface area contributed by atoms with Gasteiger partial charge in [-0.1, -0.05) is 26.7 Å². The van der Waals surface area contributed by atoms with Crippen molar-refractivity contribution in [3.63, 3.8) is 0 Å². The Morgan fingerprint density at radius 1 is 1.31 bits per heavy atom. The molecule has 0 fully saturated rings.